The minimum atomic E-state index is -4.42. The number of anilines is 1. The van der Waals surface area contributed by atoms with Crippen molar-refractivity contribution in [2.75, 3.05) is 37.6 Å². The summed E-state index contributed by atoms with van der Waals surface area (Å²) in [6, 6.07) is 2.40. The van der Waals surface area contributed by atoms with Gasteiger partial charge in [-0.05, 0) is 12.1 Å². The Bertz CT molecular complexity index is 482. The first-order chi connectivity index (χ1) is 9.86. The predicted molar refractivity (Wildman–Crippen MR) is 70.1 cm³/mol. The molecular formula is C13H16F3N3O2. The largest absolute Gasteiger partial charge is 0.481 e. The van der Waals surface area contributed by atoms with Crippen LogP contribution in [-0.4, -0.2) is 53.7 Å². The molecule has 1 N–H and O–H groups in total. The molecule has 2 heterocycles. The van der Waals surface area contributed by atoms with Gasteiger partial charge in [0.15, 0.2) is 0 Å². The maximum absolute atomic E-state index is 12.4. The highest BCUT2D eigenvalue weighted by molar-refractivity contribution is 5.66. The van der Waals surface area contributed by atoms with Gasteiger partial charge >= 0.3 is 12.1 Å². The van der Waals surface area contributed by atoms with Gasteiger partial charge in [0.05, 0.1) is 18.3 Å². The van der Waals surface area contributed by atoms with Gasteiger partial charge in [0.2, 0.25) is 0 Å². The number of hydrogen-bond donors (Lipinski definition) is 1. The molecule has 21 heavy (non-hydrogen) atoms. The zero-order valence-electron chi connectivity index (χ0n) is 11.3. The van der Waals surface area contributed by atoms with E-state index in [0.29, 0.717) is 38.4 Å². The highest BCUT2D eigenvalue weighted by Crippen LogP contribution is 2.28. The van der Waals surface area contributed by atoms with Gasteiger partial charge < -0.3 is 10.0 Å². The number of rotatable bonds is 4. The zero-order valence-corrected chi connectivity index (χ0v) is 11.3. The molecule has 0 unspecified atom stereocenters. The summed E-state index contributed by atoms with van der Waals surface area (Å²) in [5.74, 6) is -0.829. The first-order valence-electron chi connectivity index (χ1n) is 6.58. The molecule has 1 aliphatic rings. The first-order valence-corrected chi connectivity index (χ1v) is 6.58. The Hall–Kier alpha value is -1.83. The number of carboxylic acids is 1. The Labute approximate surface area is 120 Å². The number of piperazine rings is 1. The van der Waals surface area contributed by atoms with Gasteiger partial charge in [-0.2, -0.15) is 13.2 Å². The van der Waals surface area contributed by atoms with E-state index >= 15 is 0 Å². The molecule has 5 nitrogen and oxygen atoms in total. The van der Waals surface area contributed by atoms with Crippen molar-refractivity contribution in [3.8, 4) is 0 Å². The highest BCUT2D eigenvalue weighted by atomic mass is 19.4. The van der Waals surface area contributed by atoms with Crippen molar-refractivity contribution in [3.05, 3.63) is 24.0 Å². The lowest BCUT2D eigenvalue weighted by Crippen LogP contribution is -2.47. The molecule has 1 aliphatic heterocycles. The molecule has 0 saturated carbocycles. The van der Waals surface area contributed by atoms with E-state index in [1.54, 1.807) is 0 Å². The Morgan fingerprint density at radius 1 is 1.24 bits per heavy atom. The van der Waals surface area contributed by atoms with Crippen LogP contribution in [0.5, 0.6) is 0 Å². The second-order valence-corrected chi connectivity index (χ2v) is 4.87. The summed E-state index contributed by atoms with van der Waals surface area (Å²) < 4.78 is 37.3. The van der Waals surface area contributed by atoms with Crippen LogP contribution in [0.3, 0.4) is 0 Å². The summed E-state index contributed by atoms with van der Waals surface area (Å²) in [4.78, 5) is 17.9. The van der Waals surface area contributed by atoms with Gasteiger partial charge in [-0.3, -0.25) is 9.69 Å². The third kappa shape index (κ3) is 4.32. The minimum Gasteiger partial charge on any atom is -0.481 e. The van der Waals surface area contributed by atoms with Crippen molar-refractivity contribution in [1.82, 2.24) is 9.88 Å². The Kier molecular flexibility index (Phi) is 4.66. The highest BCUT2D eigenvalue weighted by Gasteiger charge is 2.32. The molecule has 0 atom stereocenters. The van der Waals surface area contributed by atoms with Gasteiger partial charge in [0.1, 0.15) is 5.69 Å². The van der Waals surface area contributed by atoms with Crippen LogP contribution >= 0.6 is 0 Å². The van der Waals surface area contributed by atoms with E-state index < -0.39 is 17.8 Å². The van der Waals surface area contributed by atoms with Gasteiger partial charge in [0.25, 0.3) is 0 Å². The first kappa shape index (κ1) is 15.6. The van der Waals surface area contributed by atoms with Crippen molar-refractivity contribution >= 4 is 11.7 Å². The van der Waals surface area contributed by atoms with Crippen LogP contribution in [0.4, 0.5) is 18.9 Å². The maximum atomic E-state index is 12.4. The molecular weight excluding hydrogens is 287 g/mol. The number of pyridine rings is 1. The second kappa shape index (κ2) is 6.30. The van der Waals surface area contributed by atoms with E-state index in [0.717, 1.165) is 6.07 Å². The van der Waals surface area contributed by atoms with E-state index in [1.165, 1.54) is 12.3 Å². The molecule has 1 fully saturated rings. The standard InChI is InChI=1S/C13H16F3N3O2/c14-13(15,16)11-2-1-10(9-17-11)19-7-5-18(6-8-19)4-3-12(20)21/h1-2,9H,3-8H2,(H,20,21). The summed E-state index contributed by atoms with van der Waals surface area (Å²) in [6.07, 6.45) is -3.09. The van der Waals surface area contributed by atoms with Crippen molar-refractivity contribution in [1.29, 1.82) is 0 Å². The number of alkyl halides is 3. The van der Waals surface area contributed by atoms with E-state index in [2.05, 4.69) is 4.98 Å². The molecule has 0 aromatic carbocycles. The maximum Gasteiger partial charge on any atom is 0.433 e. The Morgan fingerprint density at radius 3 is 2.38 bits per heavy atom. The van der Waals surface area contributed by atoms with Crippen molar-refractivity contribution in [3.63, 3.8) is 0 Å². The molecule has 8 heteroatoms. The number of halogens is 3. The number of hydrogen-bond acceptors (Lipinski definition) is 4. The summed E-state index contributed by atoms with van der Waals surface area (Å²) in [7, 11) is 0. The second-order valence-electron chi connectivity index (χ2n) is 4.87. The summed E-state index contributed by atoms with van der Waals surface area (Å²) >= 11 is 0. The normalized spacial score (nSPS) is 17.0. The van der Waals surface area contributed by atoms with Crippen molar-refractivity contribution in [2.24, 2.45) is 0 Å². The van der Waals surface area contributed by atoms with Crippen LogP contribution < -0.4 is 4.90 Å². The van der Waals surface area contributed by atoms with Crippen LogP contribution in [-0.2, 0) is 11.0 Å². The molecule has 1 aromatic rings. The molecule has 0 bridgehead atoms. The van der Waals surface area contributed by atoms with Crippen LogP contribution in [0.15, 0.2) is 18.3 Å². The van der Waals surface area contributed by atoms with Gasteiger partial charge in [-0.1, -0.05) is 0 Å². The summed E-state index contributed by atoms with van der Waals surface area (Å²) in [5.41, 5.74) is -0.243. The number of carboxylic acid groups (broad SMARTS) is 1. The lowest BCUT2D eigenvalue weighted by molar-refractivity contribution is -0.141. The fourth-order valence-corrected chi connectivity index (χ4v) is 2.22. The van der Waals surface area contributed by atoms with Crippen LogP contribution in [0, 0.1) is 0 Å². The fraction of sp³-hybridized carbons (Fsp3) is 0.538. The Morgan fingerprint density at radius 2 is 1.90 bits per heavy atom. The SMILES string of the molecule is O=C(O)CCN1CCN(c2ccc(C(F)(F)F)nc2)CC1. The zero-order chi connectivity index (χ0) is 15.5. The smallest absolute Gasteiger partial charge is 0.433 e. The summed E-state index contributed by atoms with van der Waals surface area (Å²) in [6.45, 7) is 3.16. The number of carbonyl (C=O) groups is 1. The quantitative estimate of drug-likeness (QED) is 0.917. The molecule has 0 radical (unpaired) electrons. The van der Waals surface area contributed by atoms with Crippen molar-refractivity contribution < 1.29 is 23.1 Å². The van der Waals surface area contributed by atoms with Gasteiger partial charge in [0, 0.05) is 32.7 Å². The molecule has 0 aliphatic carbocycles. The fourth-order valence-electron chi connectivity index (χ4n) is 2.22. The van der Waals surface area contributed by atoms with E-state index in [9.17, 15) is 18.0 Å². The van der Waals surface area contributed by atoms with Crippen LogP contribution in [0.2, 0.25) is 0 Å². The number of aromatic nitrogens is 1. The summed E-state index contributed by atoms with van der Waals surface area (Å²) in [5, 5.41) is 8.63. The lowest BCUT2D eigenvalue weighted by Gasteiger charge is -2.35. The minimum absolute atomic E-state index is 0.0990. The molecule has 0 amide bonds. The third-order valence-corrected chi connectivity index (χ3v) is 3.42. The molecule has 116 valence electrons. The molecule has 1 aromatic heterocycles. The van der Waals surface area contributed by atoms with E-state index in [4.69, 9.17) is 5.11 Å². The van der Waals surface area contributed by atoms with E-state index in [1.807, 2.05) is 9.80 Å². The van der Waals surface area contributed by atoms with E-state index in [-0.39, 0.29) is 6.42 Å². The monoisotopic (exact) mass is 303 g/mol. The topological polar surface area (TPSA) is 56.7 Å². The molecule has 1 saturated heterocycles. The lowest BCUT2D eigenvalue weighted by atomic mass is 10.2. The average Bonchev–Trinajstić information content (AvgIpc) is 2.45. The number of nitrogens with zero attached hydrogens (tertiary/aromatic N) is 3. The Balaban J connectivity index is 1.89. The third-order valence-electron chi connectivity index (χ3n) is 3.42. The van der Waals surface area contributed by atoms with Gasteiger partial charge in [-0.15, -0.1) is 0 Å². The average molecular weight is 303 g/mol. The van der Waals surface area contributed by atoms with Crippen LogP contribution in [0.1, 0.15) is 12.1 Å². The molecule has 2 rings (SSSR count). The van der Waals surface area contributed by atoms with Gasteiger partial charge in [-0.25, -0.2) is 4.98 Å². The molecule has 0 spiro atoms. The number of aliphatic carboxylic acids is 1. The predicted octanol–water partition coefficient (Wildman–Crippen LogP) is 1.70. The van der Waals surface area contributed by atoms with Crippen LogP contribution in [0.25, 0.3) is 0 Å². The van der Waals surface area contributed by atoms with Crippen molar-refractivity contribution in [2.45, 2.75) is 12.6 Å².